The molecule has 2 N–H and O–H groups in total. The number of benzene rings is 1. The Morgan fingerprint density at radius 3 is 2.37 bits per heavy atom. The number of hydrogen-bond acceptors (Lipinski definition) is 5. The van der Waals surface area contributed by atoms with Crippen LogP contribution >= 0.6 is 12.2 Å². The highest BCUT2D eigenvalue weighted by Gasteiger charge is 2.09. The van der Waals surface area contributed by atoms with Crippen LogP contribution in [-0.4, -0.2) is 30.2 Å². The van der Waals surface area contributed by atoms with Crippen LogP contribution < -0.4 is 15.4 Å². The van der Waals surface area contributed by atoms with E-state index < -0.39 is 5.97 Å². The summed E-state index contributed by atoms with van der Waals surface area (Å²) in [7, 11) is 0. The molecule has 1 aromatic carbocycles. The standard InChI is InChI=1S/C20H30N2O4S/c1-3-5-6-7-8-15-26-17-11-9-16(10-12-17)21-20(27)22-18(23)13-14-19(24)25-4-2/h9-12H,3-8,13-15H2,1-2H3,(H2,21,22,23,27). The van der Waals surface area contributed by atoms with Gasteiger partial charge in [-0.2, -0.15) is 0 Å². The number of nitrogens with one attached hydrogen (secondary N) is 2. The van der Waals surface area contributed by atoms with Crippen LogP contribution in [0.3, 0.4) is 0 Å². The van der Waals surface area contributed by atoms with Gasteiger partial charge in [-0.25, -0.2) is 0 Å². The summed E-state index contributed by atoms with van der Waals surface area (Å²) in [5.41, 5.74) is 0.751. The van der Waals surface area contributed by atoms with Gasteiger partial charge >= 0.3 is 5.97 Å². The van der Waals surface area contributed by atoms with E-state index in [1.54, 1.807) is 6.92 Å². The number of hydrogen-bond donors (Lipinski definition) is 2. The number of anilines is 1. The van der Waals surface area contributed by atoms with Crippen molar-refractivity contribution in [2.24, 2.45) is 0 Å². The van der Waals surface area contributed by atoms with Crippen LogP contribution in [0.2, 0.25) is 0 Å². The Bertz CT molecular complexity index is 590. The van der Waals surface area contributed by atoms with Crippen molar-refractivity contribution in [1.29, 1.82) is 0 Å². The third kappa shape index (κ3) is 11.2. The van der Waals surface area contributed by atoms with Gasteiger partial charge in [0, 0.05) is 12.1 Å². The zero-order valence-electron chi connectivity index (χ0n) is 16.2. The van der Waals surface area contributed by atoms with Crippen LogP contribution in [0.4, 0.5) is 5.69 Å². The number of carbonyl (C=O) groups is 2. The van der Waals surface area contributed by atoms with Crippen LogP contribution in [0.5, 0.6) is 5.75 Å². The molecule has 0 atom stereocenters. The Labute approximate surface area is 167 Å². The highest BCUT2D eigenvalue weighted by molar-refractivity contribution is 7.80. The van der Waals surface area contributed by atoms with Crippen LogP contribution in [0.1, 0.15) is 58.8 Å². The molecule has 1 amide bonds. The van der Waals surface area contributed by atoms with Gasteiger partial charge in [-0.05, 0) is 49.8 Å². The fraction of sp³-hybridized carbons (Fsp3) is 0.550. The minimum Gasteiger partial charge on any atom is -0.494 e. The lowest BCUT2D eigenvalue weighted by Gasteiger charge is -2.11. The monoisotopic (exact) mass is 394 g/mol. The molecule has 1 rings (SSSR count). The average Bonchev–Trinajstić information content (AvgIpc) is 2.64. The second-order valence-electron chi connectivity index (χ2n) is 6.09. The van der Waals surface area contributed by atoms with Crippen molar-refractivity contribution in [3.8, 4) is 5.75 Å². The second-order valence-corrected chi connectivity index (χ2v) is 6.50. The third-order valence-electron chi connectivity index (χ3n) is 3.74. The molecule has 6 nitrogen and oxygen atoms in total. The summed E-state index contributed by atoms with van der Waals surface area (Å²) in [6, 6.07) is 7.39. The number of esters is 1. The molecule has 0 spiro atoms. The van der Waals surface area contributed by atoms with E-state index in [0.717, 1.165) is 17.9 Å². The number of thiocarbonyl (C=S) groups is 1. The van der Waals surface area contributed by atoms with Crippen molar-refractivity contribution < 1.29 is 19.1 Å². The van der Waals surface area contributed by atoms with Gasteiger partial charge in [0.05, 0.1) is 19.6 Å². The molecule has 27 heavy (non-hydrogen) atoms. The molecule has 0 aromatic heterocycles. The zero-order valence-corrected chi connectivity index (χ0v) is 17.0. The first-order valence-corrected chi connectivity index (χ1v) is 9.95. The molecule has 0 aliphatic heterocycles. The molecular formula is C20H30N2O4S. The fourth-order valence-corrected chi connectivity index (χ4v) is 2.56. The molecule has 1 aromatic rings. The van der Waals surface area contributed by atoms with Crippen LogP contribution in [-0.2, 0) is 14.3 Å². The topological polar surface area (TPSA) is 76.7 Å². The maximum absolute atomic E-state index is 11.8. The predicted molar refractivity (Wildman–Crippen MR) is 111 cm³/mol. The Balaban J connectivity index is 2.26. The largest absolute Gasteiger partial charge is 0.494 e. The first kappa shape index (κ1) is 22.9. The lowest BCUT2D eigenvalue weighted by atomic mass is 10.2. The summed E-state index contributed by atoms with van der Waals surface area (Å²) in [5, 5.41) is 5.66. The molecule has 0 bridgehead atoms. The van der Waals surface area contributed by atoms with Gasteiger partial charge in [0.1, 0.15) is 5.75 Å². The van der Waals surface area contributed by atoms with Crippen molar-refractivity contribution in [3.05, 3.63) is 24.3 Å². The normalized spacial score (nSPS) is 10.1. The summed E-state index contributed by atoms with van der Waals surface area (Å²) in [5.74, 6) is 0.0801. The molecule has 0 radical (unpaired) electrons. The van der Waals surface area contributed by atoms with E-state index in [4.69, 9.17) is 21.7 Å². The second kappa shape index (κ2) is 14.0. The lowest BCUT2D eigenvalue weighted by molar-refractivity contribution is -0.144. The summed E-state index contributed by atoms with van der Waals surface area (Å²) < 4.78 is 10.5. The van der Waals surface area contributed by atoms with E-state index in [1.165, 1.54) is 25.7 Å². The van der Waals surface area contributed by atoms with Gasteiger partial charge < -0.3 is 20.1 Å². The number of unbranched alkanes of at least 4 members (excludes halogenated alkanes) is 4. The highest BCUT2D eigenvalue weighted by atomic mass is 32.1. The smallest absolute Gasteiger partial charge is 0.306 e. The molecule has 0 saturated heterocycles. The van der Waals surface area contributed by atoms with E-state index in [9.17, 15) is 9.59 Å². The molecule has 0 heterocycles. The van der Waals surface area contributed by atoms with Crippen molar-refractivity contribution in [1.82, 2.24) is 5.32 Å². The summed E-state index contributed by atoms with van der Waals surface area (Å²) >= 11 is 5.11. The molecule has 0 aliphatic carbocycles. The Kier molecular flexibility index (Phi) is 11.8. The fourth-order valence-electron chi connectivity index (χ4n) is 2.33. The Morgan fingerprint density at radius 2 is 1.70 bits per heavy atom. The molecule has 0 saturated carbocycles. The number of rotatable bonds is 12. The van der Waals surface area contributed by atoms with Crippen molar-refractivity contribution in [3.63, 3.8) is 0 Å². The van der Waals surface area contributed by atoms with Gasteiger partial charge in [0.25, 0.3) is 0 Å². The maximum Gasteiger partial charge on any atom is 0.306 e. The first-order chi connectivity index (χ1) is 13.0. The van der Waals surface area contributed by atoms with Crippen molar-refractivity contribution in [2.75, 3.05) is 18.5 Å². The number of ether oxygens (including phenoxy) is 2. The van der Waals surface area contributed by atoms with Crippen molar-refractivity contribution in [2.45, 2.75) is 58.8 Å². The quantitative estimate of drug-likeness (QED) is 0.314. The molecule has 0 unspecified atom stereocenters. The van der Waals surface area contributed by atoms with Gasteiger partial charge in [0.15, 0.2) is 5.11 Å². The molecule has 150 valence electrons. The highest BCUT2D eigenvalue weighted by Crippen LogP contribution is 2.16. The van der Waals surface area contributed by atoms with Crippen molar-refractivity contribution >= 4 is 34.9 Å². The minimum absolute atomic E-state index is 0.0334. The van der Waals surface area contributed by atoms with Gasteiger partial charge in [-0.3, -0.25) is 9.59 Å². The lowest BCUT2D eigenvalue weighted by Crippen LogP contribution is -2.34. The van der Waals surface area contributed by atoms with Gasteiger partial charge in [0.2, 0.25) is 5.91 Å². The molecule has 7 heteroatoms. The molecule has 0 aliphatic rings. The number of carbonyl (C=O) groups excluding carboxylic acids is 2. The summed E-state index contributed by atoms with van der Waals surface area (Å²) in [6.45, 7) is 4.94. The molecular weight excluding hydrogens is 364 g/mol. The van der Waals surface area contributed by atoms with Crippen LogP contribution in [0.25, 0.3) is 0 Å². The van der Waals surface area contributed by atoms with Gasteiger partial charge in [-0.1, -0.05) is 32.6 Å². The Morgan fingerprint density at radius 1 is 1.00 bits per heavy atom. The third-order valence-corrected chi connectivity index (χ3v) is 3.95. The van der Waals surface area contributed by atoms with E-state index in [-0.39, 0.29) is 23.9 Å². The minimum atomic E-state index is -0.396. The van der Waals surface area contributed by atoms with E-state index in [2.05, 4.69) is 17.6 Å². The van der Waals surface area contributed by atoms with Crippen LogP contribution in [0.15, 0.2) is 24.3 Å². The maximum atomic E-state index is 11.8. The van der Waals surface area contributed by atoms with E-state index in [0.29, 0.717) is 13.2 Å². The van der Waals surface area contributed by atoms with Crippen LogP contribution in [0, 0.1) is 0 Å². The van der Waals surface area contributed by atoms with E-state index in [1.807, 2.05) is 24.3 Å². The first-order valence-electron chi connectivity index (χ1n) is 9.54. The zero-order chi connectivity index (χ0) is 19.9. The van der Waals surface area contributed by atoms with E-state index >= 15 is 0 Å². The summed E-state index contributed by atoms with van der Waals surface area (Å²) in [6.07, 6.45) is 6.09. The number of amides is 1. The summed E-state index contributed by atoms with van der Waals surface area (Å²) in [4.78, 5) is 23.0. The SMILES string of the molecule is CCCCCCCOc1ccc(NC(=S)NC(=O)CCC(=O)OCC)cc1. The average molecular weight is 395 g/mol. The van der Waals surface area contributed by atoms with Gasteiger partial charge in [-0.15, -0.1) is 0 Å². The predicted octanol–water partition coefficient (Wildman–Crippen LogP) is 4.19. The molecule has 0 fully saturated rings. The Hall–Kier alpha value is -2.15.